The van der Waals surface area contributed by atoms with Crippen LogP contribution < -0.4 is 9.47 Å². The van der Waals surface area contributed by atoms with Crippen molar-refractivity contribution < 1.29 is 18.3 Å². The van der Waals surface area contributed by atoms with Crippen molar-refractivity contribution in [2.75, 3.05) is 33.4 Å². The standard InChI is InChI=1S/C24H26F2N2O2S/c1-29-23-7-4-20(26)14-18(23)15-24-27-22(16-31-24)17-2-5-21(6-3-17)30-13-12-28-10-8-19(25)9-11-28/h2-7,14,16,19H,8-13,15H2,1H3. The van der Waals surface area contributed by atoms with Crippen LogP contribution in [0.1, 0.15) is 23.4 Å². The third kappa shape index (κ3) is 5.80. The Balaban J connectivity index is 1.32. The van der Waals surface area contributed by atoms with Crippen LogP contribution in [0.5, 0.6) is 11.5 Å². The second kappa shape index (κ2) is 10.2. The Labute approximate surface area is 185 Å². The molecule has 0 saturated carbocycles. The second-order valence-electron chi connectivity index (χ2n) is 7.65. The van der Waals surface area contributed by atoms with Gasteiger partial charge in [0.1, 0.15) is 30.1 Å². The van der Waals surface area contributed by atoms with E-state index in [2.05, 4.69) is 4.90 Å². The smallest absolute Gasteiger partial charge is 0.123 e. The number of nitrogens with zero attached hydrogens (tertiary/aromatic N) is 2. The van der Waals surface area contributed by atoms with E-state index in [1.165, 1.54) is 12.1 Å². The number of hydrogen-bond acceptors (Lipinski definition) is 5. The van der Waals surface area contributed by atoms with Crippen molar-refractivity contribution in [2.45, 2.75) is 25.4 Å². The van der Waals surface area contributed by atoms with Crippen LogP contribution in [-0.2, 0) is 6.42 Å². The van der Waals surface area contributed by atoms with E-state index in [0.717, 1.165) is 47.2 Å². The number of ether oxygens (including phenoxy) is 2. The number of rotatable bonds is 8. The van der Waals surface area contributed by atoms with Crippen molar-refractivity contribution in [2.24, 2.45) is 0 Å². The maximum Gasteiger partial charge on any atom is 0.123 e. The Hall–Kier alpha value is -2.51. The van der Waals surface area contributed by atoms with E-state index >= 15 is 0 Å². The molecule has 4 rings (SSSR count). The third-order valence-corrected chi connectivity index (χ3v) is 6.33. The molecule has 0 unspecified atom stereocenters. The van der Waals surface area contributed by atoms with E-state index in [1.54, 1.807) is 24.5 Å². The van der Waals surface area contributed by atoms with Crippen molar-refractivity contribution >= 4 is 11.3 Å². The van der Waals surface area contributed by atoms with Crippen LogP contribution in [0.15, 0.2) is 47.8 Å². The minimum atomic E-state index is -0.646. The summed E-state index contributed by atoms with van der Waals surface area (Å²) in [7, 11) is 1.58. The van der Waals surface area contributed by atoms with Gasteiger partial charge in [-0.3, -0.25) is 4.90 Å². The Morgan fingerprint density at radius 2 is 1.90 bits per heavy atom. The van der Waals surface area contributed by atoms with Crippen LogP contribution in [0.3, 0.4) is 0 Å². The molecule has 1 aliphatic heterocycles. The van der Waals surface area contributed by atoms with Gasteiger partial charge in [0.15, 0.2) is 0 Å². The van der Waals surface area contributed by atoms with E-state index < -0.39 is 6.17 Å². The number of halogens is 2. The highest BCUT2D eigenvalue weighted by Crippen LogP contribution is 2.28. The molecule has 164 valence electrons. The molecule has 0 aliphatic carbocycles. The van der Waals surface area contributed by atoms with Gasteiger partial charge in [-0.05, 0) is 55.3 Å². The Morgan fingerprint density at radius 1 is 1.13 bits per heavy atom. The molecule has 7 heteroatoms. The van der Waals surface area contributed by atoms with Gasteiger partial charge in [0, 0.05) is 42.6 Å². The van der Waals surface area contributed by atoms with E-state index in [9.17, 15) is 8.78 Å². The third-order valence-electron chi connectivity index (χ3n) is 5.48. The van der Waals surface area contributed by atoms with E-state index in [4.69, 9.17) is 14.5 Å². The quantitative estimate of drug-likeness (QED) is 0.468. The summed E-state index contributed by atoms with van der Waals surface area (Å²) in [6, 6.07) is 12.4. The summed E-state index contributed by atoms with van der Waals surface area (Å²) >= 11 is 1.55. The summed E-state index contributed by atoms with van der Waals surface area (Å²) in [6.07, 6.45) is 1.12. The van der Waals surface area contributed by atoms with Gasteiger partial charge in [0.05, 0.1) is 17.8 Å². The van der Waals surface area contributed by atoms with Crippen molar-refractivity contribution in [1.82, 2.24) is 9.88 Å². The Bertz CT molecular complexity index is 985. The average molecular weight is 445 g/mol. The number of thiazole rings is 1. The average Bonchev–Trinajstić information content (AvgIpc) is 3.24. The number of likely N-dealkylation sites (tertiary alicyclic amines) is 1. The molecule has 0 bridgehead atoms. The van der Waals surface area contributed by atoms with Gasteiger partial charge < -0.3 is 9.47 Å². The Morgan fingerprint density at radius 3 is 2.65 bits per heavy atom. The van der Waals surface area contributed by atoms with Crippen molar-refractivity contribution in [3.63, 3.8) is 0 Å². The molecule has 0 N–H and O–H groups in total. The summed E-state index contributed by atoms with van der Waals surface area (Å²) in [5.74, 6) is 1.19. The summed E-state index contributed by atoms with van der Waals surface area (Å²) in [6.45, 7) is 3.01. The van der Waals surface area contributed by atoms with Crippen LogP contribution >= 0.6 is 11.3 Å². The number of piperidine rings is 1. The van der Waals surface area contributed by atoms with Gasteiger partial charge in [-0.25, -0.2) is 13.8 Å². The zero-order valence-electron chi connectivity index (χ0n) is 17.5. The van der Waals surface area contributed by atoms with E-state index in [0.29, 0.717) is 31.6 Å². The molecule has 2 aromatic carbocycles. The monoisotopic (exact) mass is 444 g/mol. The summed E-state index contributed by atoms with van der Waals surface area (Å²) in [4.78, 5) is 6.95. The van der Waals surface area contributed by atoms with Gasteiger partial charge in [-0.1, -0.05) is 0 Å². The summed E-state index contributed by atoms with van der Waals surface area (Å²) < 4.78 is 38.0. The second-order valence-corrected chi connectivity index (χ2v) is 8.59. The van der Waals surface area contributed by atoms with E-state index in [-0.39, 0.29) is 5.82 Å². The molecule has 3 aromatic rings. The fraction of sp³-hybridized carbons (Fsp3) is 0.375. The molecular weight excluding hydrogens is 418 g/mol. The molecule has 0 radical (unpaired) electrons. The predicted octanol–water partition coefficient (Wildman–Crippen LogP) is 5.36. The Kier molecular flexibility index (Phi) is 7.14. The van der Waals surface area contributed by atoms with Crippen LogP contribution in [0.25, 0.3) is 11.3 Å². The highest BCUT2D eigenvalue weighted by molar-refractivity contribution is 7.10. The van der Waals surface area contributed by atoms with Gasteiger partial charge >= 0.3 is 0 Å². The lowest BCUT2D eigenvalue weighted by Crippen LogP contribution is -2.37. The lowest BCUT2D eigenvalue weighted by molar-refractivity contribution is 0.132. The maximum absolute atomic E-state index is 13.6. The number of alkyl halides is 1. The molecular formula is C24H26F2N2O2S. The SMILES string of the molecule is COc1ccc(F)cc1Cc1nc(-c2ccc(OCCN3CCC(F)CC3)cc2)cs1. The first-order valence-electron chi connectivity index (χ1n) is 10.5. The van der Waals surface area contributed by atoms with Crippen molar-refractivity contribution in [3.05, 3.63) is 64.2 Å². The molecule has 0 atom stereocenters. The number of benzene rings is 2. The first kappa shape index (κ1) is 21.7. The fourth-order valence-corrected chi connectivity index (χ4v) is 4.54. The minimum Gasteiger partial charge on any atom is -0.496 e. The largest absolute Gasteiger partial charge is 0.496 e. The first-order chi connectivity index (χ1) is 15.1. The molecule has 2 heterocycles. The fourth-order valence-electron chi connectivity index (χ4n) is 3.71. The summed E-state index contributed by atoms with van der Waals surface area (Å²) in [5.41, 5.74) is 2.67. The lowest BCUT2D eigenvalue weighted by atomic mass is 10.1. The molecule has 1 fully saturated rings. The van der Waals surface area contributed by atoms with Crippen LogP contribution in [0.4, 0.5) is 8.78 Å². The minimum absolute atomic E-state index is 0.282. The molecule has 1 aliphatic rings. The lowest BCUT2D eigenvalue weighted by Gasteiger charge is -2.28. The van der Waals surface area contributed by atoms with Crippen LogP contribution in [0.2, 0.25) is 0 Å². The van der Waals surface area contributed by atoms with Crippen LogP contribution in [-0.4, -0.2) is 49.4 Å². The molecule has 31 heavy (non-hydrogen) atoms. The van der Waals surface area contributed by atoms with Gasteiger partial charge in [0.2, 0.25) is 0 Å². The molecule has 0 spiro atoms. The topological polar surface area (TPSA) is 34.6 Å². The maximum atomic E-state index is 13.6. The highest BCUT2D eigenvalue weighted by Gasteiger charge is 2.17. The normalized spacial score (nSPS) is 15.2. The van der Waals surface area contributed by atoms with Crippen LogP contribution in [0, 0.1) is 5.82 Å². The molecule has 4 nitrogen and oxygen atoms in total. The predicted molar refractivity (Wildman–Crippen MR) is 119 cm³/mol. The van der Waals surface area contributed by atoms with Gasteiger partial charge in [-0.2, -0.15) is 0 Å². The number of methoxy groups -OCH3 is 1. The molecule has 1 saturated heterocycles. The summed E-state index contributed by atoms with van der Waals surface area (Å²) in [5, 5.41) is 2.90. The molecule has 1 aromatic heterocycles. The highest BCUT2D eigenvalue weighted by atomic mass is 32.1. The zero-order valence-corrected chi connectivity index (χ0v) is 18.3. The van der Waals surface area contributed by atoms with E-state index in [1.807, 2.05) is 29.6 Å². The molecule has 0 amide bonds. The van der Waals surface area contributed by atoms with Gasteiger partial charge in [-0.15, -0.1) is 11.3 Å². The first-order valence-corrected chi connectivity index (χ1v) is 11.3. The number of hydrogen-bond donors (Lipinski definition) is 0. The van der Waals surface area contributed by atoms with Gasteiger partial charge in [0.25, 0.3) is 0 Å². The van der Waals surface area contributed by atoms with Crippen molar-refractivity contribution in [1.29, 1.82) is 0 Å². The number of aromatic nitrogens is 1. The van der Waals surface area contributed by atoms with Crippen molar-refractivity contribution in [3.8, 4) is 22.8 Å². The zero-order chi connectivity index (χ0) is 21.6.